The van der Waals surface area contributed by atoms with E-state index >= 15 is 0 Å². The van der Waals surface area contributed by atoms with Crippen LogP contribution in [0.4, 0.5) is 15.9 Å². The van der Waals surface area contributed by atoms with Crippen molar-refractivity contribution < 1.29 is 37.5 Å². The van der Waals surface area contributed by atoms with Crippen molar-refractivity contribution in [1.82, 2.24) is 25.3 Å². The minimum atomic E-state index is -4.48. The number of benzene rings is 2. The first-order valence-electron chi connectivity index (χ1n) is 13.5. The molecular weight excluding hydrogens is 618 g/mol. The number of nitrogens with zero attached hydrogens (tertiary/aromatic N) is 4. The molecule has 44 heavy (non-hydrogen) atoms. The van der Waals surface area contributed by atoms with E-state index in [4.69, 9.17) is 35.6 Å². The maximum Gasteiger partial charge on any atom is 0.469 e. The number of aromatic nitrogens is 4. The Morgan fingerprint density at radius 2 is 1.80 bits per heavy atom. The average Bonchev–Trinajstić information content (AvgIpc) is 2.97. The molecule has 0 spiro atoms. The van der Waals surface area contributed by atoms with Crippen molar-refractivity contribution in [2.75, 3.05) is 32.2 Å². The normalized spacial score (nSPS) is 11.9. The van der Waals surface area contributed by atoms with Gasteiger partial charge in [-0.3, -0.25) is 4.52 Å². The van der Waals surface area contributed by atoms with E-state index in [2.05, 4.69) is 35.1 Å². The lowest BCUT2D eigenvalue weighted by atomic mass is 10.0. The van der Waals surface area contributed by atoms with Gasteiger partial charge in [-0.2, -0.15) is 0 Å². The van der Waals surface area contributed by atoms with Crippen LogP contribution in [0.1, 0.15) is 32.3 Å². The van der Waals surface area contributed by atoms with E-state index < -0.39 is 13.6 Å². The summed E-state index contributed by atoms with van der Waals surface area (Å²) in [6.45, 7) is 4.92. The van der Waals surface area contributed by atoms with Crippen LogP contribution in [0, 0.1) is 5.82 Å². The van der Waals surface area contributed by atoms with E-state index in [-0.39, 0.29) is 29.8 Å². The van der Waals surface area contributed by atoms with Gasteiger partial charge in [0, 0.05) is 17.0 Å². The number of rotatable bonds is 16. The van der Waals surface area contributed by atoms with Crippen LogP contribution in [0.15, 0.2) is 49.1 Å². The number of ether oxygens (including phenoxy) is 3. The first kappa shape index (κ1) is 33.2. The standard InChI is InChI=1S/C28H33ClFN6O7P/c1-28(2,7-10-43-44(37,38)39)35-8-4-9-41-25-13-23-20(12-24(25)40-3)26(34-17-33-23)36-19-14-31-27(32-15-19)42-16-18-5-6-22(30)21(29)11-18/h5-6,11-15,17,35H,4,7-10,16H2,1-3H3,(H,33,34,36)(H2,37,38,39). The van der Waals surface area contributed by atoms with Gasteiger partial charge in [-0.15, -0.1) is 0 Å². The summed E-state index contributed by atoms with van der Waals surface area (Å²) in [5, 5.41) is 7.21. The van der Waals surface area contributed by atoms with Crippen LogP contribution in [0.2, 0.25) is 5.02 Å². The summed E-state index contributed by atoms with van der Waals surface area (Å²) in [6.07, 6.45) is 5.60. The van der Waals surface area contributed by atoms with Crippen LogP contribution < -0.4 is 24.8 Å². The van der Waals surface area contributed by atoms with Gasteiger partial charge < -0.3 is 34.6 Å². The van der Waals surface area contributed by atoms with Crippen molar-refractivity contribution >= 4 is 41.8 Å². The summed E-state index contributed by atoms with van der Waals surface area (Å²) in [6, 6.07) is 8.01. The van der Waals surface area contributed by atoms with Gasteiger partial charge in [-0.05, 0) is 57.0 Å². The summed E-state index contributed by atoms with van der Waals surface area (Å²) in [5.41, 5.74) is 1.48. The average molecular weight is 651 g/mol. The number of hydrogen-bond donors (Lipinski definition) is 4. The summed E-state index contributed by atoms with van der Waals surface area (Å²) in [4.78, 5) is 34.8. The van der Waals surface area contributed by atoms with Crippen molar-refractivity contribution in [3.8, 4) is 17.5 Å². The van der Waals surface area contributed by atoms with E-state index in [1.807, 2.05) is 13.8 Å². The minimum absolute atomic E-state index is 0.0134. The molecule has 0 radical (unpaired) electrons. The third kappa shape index (κ3) is 9.94. The van der Waals surface area contributed by atoms with E-state index in [9.17, 15) is 8.96 Å². The van der Waals surface area contributed by atoms with Crippen molar-refractivity contribution in [1.29, 1.82) is 0 Å². The van der Waals surface area contributed by atoms with Gasteiger partial charge in [-0.1, -0.05) is 17.7 Å². The molecule has 0 aliphatic heterocycles. The molecule has 236 valence electrons. The minimum Gasteiger partial charge on any atom is -0.493 e. The highest BCUT2D eigenvalue weighted by Crippen LogP contribution is 2.36. The monoisotopic (exact) mass is 650 g/mol. The highest BCUT2D eigenvalue weighted by Gasteiger charge is 2.20. The highest BCUT2D eigenvalue weighted by molar-refractivity contribution is 7.46. The number of phosphoric acid groups is 1. The lowest BCUT2D eigenvalue weighted by Crippen LogP contribution is -2.41. The Morgan fingerprint density at radius 3 is 2.50 bits per heavy atom. The van der Waals surface area contributed by atoms with Crippen LogP contribution in [0.25, 0.3) is 10.9 Å². The van der Waals surface area contributed by atoms with Crippen LogP contribution >= 0.6 is 19.4 Å². The fraction of sp³-hybridized carbons (Fsp3) is 0.357. The molecule has 2 heterocycles. The van der Waals surface area contributed by atoms with Crippen LogP contribution in [-0.4, -0.2) is 62.1 Å². The van der Waals surface area contributed by atoms with Gasteiger partial charge in [0.25, 0.3) is 0 Å². The summed E-state index contributed by atoms with van der Waals surface area (Å²) in [5.74, 6) is 1.02. The van der Waals surface area contributed by atoms with Crippen molar-refractivity contribution in [2.24, 2.45) is 0 Å². The number of hydrogen-bond acceptors (Lipinski definition) is 11. The molecule has 0 saturated carbocycles. The number of nitrogens with one attached hydrogen (secondary N) is 2. The highest BCUT2D eigenvalue weighted by atomic mass is 35.5. The molecule has 4 aromatic rings. The largest absolute Gasteiger partial charge is 0.493 e. The van der Waals surface area contributed by atoms with Crippen LogP contribution in [0.3, 0.4) is 0 Å². The quantitative estimate of drug-likeness (QED) is 0.0925. The predicted molar refractivity (Wildman–Crippen MR) is 162 cm³/mol. The Labute approximate surface area is 258 Å². The number of fused-ring (bicyclic) bond motifs is 1. The SMILES string of the molecule is COc1cc2c(Nc3cnc(OCc4ccc(F)c(Cl)c4)nc3)ncnc2cc1OCCCNC(C)(C)CCOP(=O)(O)O. The third-order valence-electron chi connectivity index (χ3n) is 6.33. The van der Waals surface area contributed by atoms with Gasteiger partial charge >= 0.3 is 13.8 Å². The van der Waals surface area contributed by atoms with Crippen molar-refractivity contribution in [3.05, 3.63) is 65.5 Å². The number of phosphoric ester groups is 1. The topological polar surface area (TPSA) is 170 Å². The molecule has 0 bridgehead atoms. The molecule has 0 aliphatic carbocycles. The molecule has 0 amide bonds. The Hall–Kier alpha value is -3.65. The molecule has 0 unspecified atom stereocenters. The summed E-state index contributed by atoms with van der Waals surface area (Å²) in [7, 11) is -2.94. The summed E-state index contributed by atoms with van der Waals surface area (Å²) < 4.78 is 45.9. The Bertz CT molecular complexity index is 1610. The van der Waals surface area contributed by atoms with E-state index in [0.29, 0.717) is 65.5 Å². The number of methoxy groups -OCH3 is 1. The Morgan fingerprint density at radius 1 is 1.02 bits per heavy atom. The van der Waals surface area contributed by atoms with Crippen molar-refractivity contribution in [3.63, 3.8) is 0 Å². The fourth-order valence-corrected chi connectivity index (χ4v) is 4.53. The molecule has 4 rings (SSSR count). The lowest BCUT2D eigenvalue weighted by molar-refractivity contribution is 0.175. The van der Waals surface area contributed by atoms with Crippen LogP contribution in [-0.2, 0) is 15.7 Å². The molecule has 0 saturated heterocycles. The first-order valence-corrected chi connectivity index (χ1v) is 15.4. The molecule has 0 aliphatic rings. The second-order valence-electron chi connectivity index (χ2n) is 10.2. The smallest absolute Gasteiger partial charge is 0.469 e. The molecule has 4 N–H and O–H groups in total. The second kappa shape index (κ2) is 14.9. The van der Waals surface area contributed by atoms with Crippen molar-refractivity contribution in [2.45, 2.75) is 38.8 Å². The van der Waals surface area contributed by atoms with Gasteiger partial charge in [0.15, 0.2) is 11.5 Å². The van der Waals surface area contributed by atoms with Gasteiger partial charge in [0.05, 0.1) is 48.9 Å². The molecule has 16 heteroatoms. The maximum atomic E-state index is 13.4. The number of halogens is 2. The second-order valence-corrected chi connectivity index (χ2v) is 11.9. The fourth-order valence-electron chi connectivity index (χ4n) is 3.99. The Balaban J connectivity index is 1.32. The maximum absolute atomic E-state index is 13.4. The van der Waals surface area contributed by atoms with E-state index in [1.165, 1.54) is 18.5 Å². The molecule has 0 fully saturated rings. The van der Waals surface area contributed by atoms with Gasteiger partial charge in [0.1, 0.15) is 24.6 Å². The third-order valence-corrected chi connectivity index (χ3v) is 7.14. The van der Waals surface area contributed by atoms with Gasteiger partial charge in [0.2, 0.25) is 0 Å². The molecular formula is C28H33ClFN6O7P. The molecule has 0 atom stereocenters. The molecule has 13 nitrogen and oxygen atoms in total. The molecule has 2 aromatic heterocycles. The van der Waals surface area contributed by atoms with E-state index in [0.717, 1.165) is 0 Å². The molecule has 2 aromatic carbocycles. The zero-order valence-electron chi connectivity index (χ0n) is 24.3. The first-order chi connectivity index (χ1) is 20.9. The van der Waals surface area contributed by atoms with Crippen LogP contribution in [0.5, 0.6) is 17.5 Å². The Kier molecular flexibility index (Phi) is 11.2. The zero-order chi connectivity index (χ0) is 31.7. The number of anilines is 2. The zero-order valence-corrected chi connectivity index (χ0v) is 25.9. The summed E-state index contributed by atoms with van der Waals surface area (Å²) >= 11 is 5.81. The van der Waals surface area contributed by atoms with Gasteiger partial charge in [-0.25, -0.2) is 28.9 Å². The predicted octanol–water partition coefficient (Wildman–Crippen LogP) is 5.18. The van der Waals surface area contributed by atoms with E-state index in [1.54, 1.807) is 37.7 Å². The lowest BCUT2D eigenvalue weighted by Gasteiger charge is -2.26.